The van der Waals surface area contributed by atoms with E-state index in [4.69, 9.17) is 0 Å². The second kappa shape index (κ2) is 8.99. The molecule has 0 bridgehead atoms. The second-order valence-corrected chi connectivity index (χ2v) is 7.63. The minimum absolute atomic E-state index is 0.213. The van der Waals surface area contributed by atoms with Crippen molar-refractivity contribution in [3.05, 3.63) is 42.2 Å². The molecule has 0 N–H and O–H groups in total. The summed E-state index contributed by atoms with van der Waals surface area (Å²) < 4.78 is 40.7. The molecule has 0 aliphatic carbocycles. The number of hydrogen-bond acceptors (Lipinski definition) is 6. The van der Waals surface area contributed by atoms with Crippen molar-refractivity contribution in [1.29, 1.82) is 0 Å². The van der Waals surface area contributed by atoms with Crippen LogP contribution in [-0.2, 0) is 0 Å². The van der Waals surface area contributed by atoms with Crippen LogP contribution in [0.2, 0.25) is 0 Å². The molecule has 0 spiro atoms. The number of anilines is 2. The number of hydrogen-bond donors (Lipinski definition) is 0. The first-order valence-corrected chi connectivity index (χ1v) is 10.4. The first-order chi connectivity index (χ1) is 14.9. The summed E-state index contributed by atoms with van der Waals surface area (Å²) in [6, 6.07) is 7.01. The van der Waals surface area contributed by atoms with Gasteiger partial charge in [0, 0.05) is 50.9 Å². The monoisotopic (exact) mass is 435 g/mol. The fraction of sp³-hybridized carbons (Fsp3) is 0.476. The molecule has 1 aromatic heterocycles. The molecule has 3 heterocycles. The Bertz CT molecular complexity index is 893. The van der Waals surface area contributed by atoms with Crippen LogP contribution in [0.5, 0.6) is 5.75 Å². The molecule has 2 aliphatic heterocycles. The highest BCUT2D eigenvalue weighted by molar-refractivity contribution is 5.94. The number of carbonyl (C=O) groups excluding carboxylic acids is 1. The van der Waals surface area contributed by atoms with Gasteiger partial charge in [0.05, 0.1) is 0 Å². The lowest BCUT2D eigenvalue weighted by atomic mass is 10.1. The Morgan fingerprint density at radius 1 is 0.839 bits per heavy atom. The van der Waals surface area contributed by atoms with Gasteiger partial charge in [-0.25, -0.2) is 9.97 Å². The van der Waals surface area contributed by atoms with Crippen LogP contribution in [0.3, 0.4) is 0 Å². The lowest BCUT2D eigenvalue weighted by molar-refractivity contribution is -0.274. The predicted molar refractivity (Wildman–Crippen MR) is 109 cm³/mol. The second-order valence-electron chi connectivity index (χ2n) is 7.63. The van der Waals surface area contributed by atoms with E-state index in [0.717, 1.165) is 36.9 Å². The summed E-state index contributed by atoms with van der Waals surface area (Å²) in [4.78, 5) is 27.6. The first kappa shape index (κ1) is 21.2. The summed E-state index contributed by atoms with van der Waals surface area (Å²) in [5.41, 5.74) is 0.331. The van der Waals surface area contributed by atoms with Crippen molar-refractivity contribution in [2.75, 3.05) is 49.1 Å². The molecule has 0 unspecified atom stereocenters. The van der Waals surface area contributed by atoms with Crippen LogP contribution in [0.1, 0.15) is 29.6 Å². The molecule has 1 aromatic carbocycles. The largest absolute Gasteiger partial charge is 0.573 e. The Kier molecular flexibility index (Phi) is 6.15. The van der Waals surface area contributed by atoms with Crippen molar-refractivity contribution in [2.24, 2.45) is 0 Å². The SMILES string of the molecule is O=C(c1ccc(OC(F)(F)F)cc1)N1CCN(c2cc(N3CCCCC3)ncn2)CC1. The fourth-order valence-corrected chi connectivity index (χ4v) is 3.93. The van der Waals surface area contributed by atoms with Crippen LogP contribution in [-0.4, -0.2) is 66.4 Å². The van der Waals surface area contributed by atoms with Crippen LogP contribution in [0.4, 0.5) is 24.8 Å². The molecule has 1 amide bonds. The molecule has 2 saturated heterocycles. The molecule has 10 heteroatoms. The van der Waals surface area contributed by atoms with Crippen molar-refractivity contribution in [3.8, 4) is 5.75 Å². The molecule has 4 rings (SSSR count). The van der Waals surface area contributed by atoms with Gasteiger partial charge in [-0.05, 0) is 43.5 Å². The third kappa shape index (κ3) is 5.36. The zero-order valence-electron chi connectivity index (χ0n) is 17.0. The quantitative estimate of drug-likeness (QED) is 0.734. The maximum Gasteiger partial charge on any atom is 0.573 e. The molecule has 0 atom stereocenters. The van der Waals surface area contributed by atoms with E-state index in [1.54, 1.807) is 11.2 Å². The van der Waals surface area contributed by atoms with E-state index in [1.165, 1.54) is 31.4 Å². The summed E-state index contributed by atoms with van der Waals surface area (Å²) >= 11 is 0. The molecule has 0 radical (unpaired) electrons. The van der Waals surface area contributed by atoms with E-state index in [0.29, 0.717) is 31.7 Å². The van der Waals surface area contributed by atoms with E-state index < -0.39 is 6.36 Å². The number of halogens is 3. The average Bonchev–Trinajstić information content (AvgIpc) is 2.79. The maximum atomic E-state index is 12.7. The van der Waals surface area contributed by atoms with Gasteiger partial charge in [-0.2, -0.15) is 0 Å². The summed E-state index contributed by atoms with van der Waals surface area (Å²) in [5, 5.41) is 0. The number of ether oxygens (including phenoxy) is 1. The highest BCUT2D eigenvalue weighted by Gasteiger charge is 2.31. The third-order valence-electron chi connectivity index (χ3n) is 5.54. The maximum absolute atomic E-state index is 12.7. The van der Waals surface area contributed by atoms with E-state index in [2.05, 4.69) is 24.5 Å². The fourth-order valence-electron chi connectivity index (χ4n) is 3.93. The summed E-state index contributed by atoms with van der Waals surface area (Å²) in [7, 11) is 0. The Balaban J connectivity index is 1.35. The van der Waals surface area contributed by atoms with Gasteiger partial charge in [-0.3, -0.25) is 4.79 Å². The van der Waals surface area contributed by atoms with Crippen molar-refractivity contribution in [1.82, 2.24) is 14.9 Å². The molecule has 31 heavy (non-hydrogen) atoms. The zero-order valence-corrected chi connectivity index (χ0v) is 17.0. The first-order valence-electron chi connectivity index (χ1n) is 10.4. The Labute approximate surface area is 178 Å². The molecule has 2 fully saturated rings. The van der Waals surface area contributed by atoms with Crippen LogP contribution in [0.15, 0.2) is 36.7 Å². The molecular formula is C21H24F3N5O2. The van der Waals surface area contributed by atoms with Gasteiger partial charge in [-0.15, -0.1) is 13.2 Å². The number of carbonyl (C=O) groups is 1. The van der Waals surface area contributed by atoms with E-state index in [1.807, 2.05) is 6.07 Å². The Morgan fingerprint density at radius 2 is 1.42 bits per heavy atom. The zero-order chi connectivity index (χ0) is 21.8. The standard InChI is InChI=1S/C21H24F3N5O2/c22-21(23,24)31-17-6-4-16(5-7-17)20(30)29-12-10-28(11-13-29)19-14-18(25-15-26-19)27-8-2-1-3-9-27/h4-7,14-15H,1-3,8-13H2. The average molecular weight is 435 g/mol. The van der Waals surface area contributed by atoms with Gasteiger partial charge in [-0.1, -0.05) is 0 Å². The smallest absolute Gasteiger partial charge is 0.406 e. The lowest BCUT2D eigenvalue weighted by Gasteiger charge is -2.36. The molecule has 0 saturated carbocycles. The summed E-state index contributed by atoms with van der Waals surface area (Å²) in [5.74, 6) is 1.22. The number of piperazine rings is 1. The van der Waals surface area contributed by atoms with Gasteiger partial charge in [0.15, 0.2) is 0 Å². The lowest BCUT2D eigenvalue weighted by Crippen LogP contribution is -2.49. The van der Waals surface area contributed by atoms with Gasteiger partial charge in [0.1, 0.15) is 23.7 Å². The van der Waals surface area contributed by atoms with Crippen LogP contribution < -0.4 is 14.5 Å². The van der Waals surface area contributed by atoms with Crippen molar-refractivity contribution < 1.29 is 22.7 Å². The van der Waals surface area contributed by atoms with Crippen molar-refractivity contribution in [3.63, 3.8) is 0 Å². The van der Waals surface area contributed by atoms with Crippen LogP contribution in [0, 0.1) is 0 Å². The number of alkyl halides is 3. The van der Waals surface area contributed by atoms with E-state index in [9.17, 15) is 18.0 Å². The molecule has 2 aromatic rings. The van der Waals surface area contributed by atoms with Crippen LogP contribution in [0.25, 0.3) is 0 Å². The number of nitrogens with zero attached hydrogens (tertiary/aromatic N) is 5. The van der Waals surface area contributed by atoms with E-state index >= 15 is 0 Å². The van der Waals surface area contributed by atoms with Crippen molar-refractivity contribution >= 4 is 17.5 Å². The van der Waals surface area contributed by atoms with Crippen molar-refractivity contribution in [2.45, 2.75) is 25.6 Å². The predicted octanol–water partition coefficient (Wildman–Crippen LogP) is 3.33. The Hall–Kier alpha value is -3.04. The van der Waals surface area contributed by atoms with Crippen LogP contribution >= 0.6 is 0 Å². The molecule has 7 nitrogen and oxygen atoms in total. The summed E-state index contributed by atoms with van der Waals surface area (Å²) in [6.07, 6.45) is 0.424. The minimum atomic E-state index is -4.75. The normalized spacial score (nSPS) is 17.6. The highest BCUT2D eigenvalue weighted by atomic mass is 19.4. The van der Waals surface area contributed by atoms with Gasteiger partial charge < -0.3 is 19.4 Å². The number of piperidine rings is 1. The van der Waals surface area contributed by atoms with E-state index in [-0.39, 0.29) is 11.7 Å². The minimum Gasteiger partial charge on any atom is -0.406 e. The highest BCUT2D eigenvalue weighted by Crippen LogP contribution is 2.24. The number of rotatable bonds is 4. The van der Waals surface area contributed by atoms with Gasteiger partial charge >= 0.3 is 6.36 Å². The molecule has 166 valence electrons. The molecule has 2 aliphatic rings. The third-order valence-corrected chi connectivity index (χ3v) is 5.54. The molecular weight excluding hydrogens is 411 g/mol. The Morgan fingerprint density at radius 3 is 2.00 bits per heavy atom. The summed E-state index contributed by atoms with van der Waals surface area (Å²) in [6.45, 7) is 4.26. The number of amides is 1. The van der Waals surface area contributed by atoms with Gasteiger partial charge in [0.25, 0.3) is 5.91 Å². The topological polar surface area (TPSA) is 61.8 Å². The number of benzene rings is 1. The number of aromatic nitrogens is 2. The van der Waals surface area contributed by atoms with Gasteiger partial charge in [0.2, 0.25) is 0 Å².